The molecule has 0 aliphatic carbocycles. The standard InChI is InChI=1S/C14H18N2O/c1-3-11-6-4-5-7-12(11)13-10-16-14(17-13)8-9-15-2/h4-7,10,15H,3,8-9H2,1-2H3. The zero-order valence-corrected chi connectivity index (χ0v) is 10.4. The number of aromatic nitrogens is 1. The van der Waals surface area contributed by atoms with Crippen LogP contribution in [0.3, 0.4) is 0 Å². The Labute approximate surface area is 102 Å². The minimum atomic E-state index is 0.792. The Kier molecular flexibility index (Phi) is 3.94. The van der Waals surface area contributed by atoms with Crippen LogP contribution in [0.1, 0.15) is 18.4 Å². The smallest absolute Gasteiger partial charge is 0.196 e. The van der Waals surface area contributed by atoms with Gasteiger partial charge in [-0.2, -0.15) is 0 Å². The van der Waals surface area contributed by atoms with Crippen LogP contribution in [0.4, 0.5) is 0 Å². The summed E-state index contributed by atoms with van der Waals surface area (Å²) in [5, 5.41) is 3.09. The van der Waals surface area contributed by atoms with Gasteiger partial charge < -0.3 is 9.73 Å². The largest absolute Gasteiger partial charge is 0.441 e. The van der Waals surface area contributed by atoms with E-state index >= 15 is 0 Å². The highest BCUT2D eigenvalue weighted by Gasteiger charge is 2.08. The maximum absolute atomic E-state index is 5.76. The molecule has 0 amide bonds. The Morgan fingerprint density at radius 2 is 2.12 bits per heavy atom. The van der Waals surface area contributed by atoms with Crippen molar-refractivity contribution in [3.05, 3.63) is 41.9 Å². The molecule has 3 nitrogen and oxygen atoms in total. The van der Waals surface area contributed by atoms with Gasteiger partial charge in [-0.05, 0) is 19.0 Å². The first-order valence-corrected chi connectivity index (χ1v) is 6.02. The summed E-state index contributed by atoms with van der Waals surface area (Å²) in [5.41, 5.74) is 2.45. The highest BCUT2D eigenvalue weighted by Crippen LogP contribution is 2.24. The Hall–Kier alpha value is -1.61. The fourth-order valence-corrected chi connectivity index (χ4v) is 1.85. The van der Waals surface area contributed by atoms with Gasteiger partial charge in [-0.25, -0.2) is 4.98 Å². The molecular weight excluding hydrogens is 212 g/mol. The molecule has 0 saturated carbocycles. The lowest BCUT2D eigenvalue weighted by Gasteiger charge is -2.03. The molecule has 0 fully saturated rings. The van der Waals surface area contributed by atoms with Crippen LogP contribution < -0.4 is 5.32 Å². The zero-order chi connectivity index (χ0) is 12.1. The van der Waals surface area contributed by atoms with Gasteiger partial charge in [0.25, 0.3) is 0 Å². The molecule has 0 saturated heterocycles. The molecule has 0 bridgehead atoms. The number of oxazole rings is 1. The molecular formula is C14H18N2O. The fourth-order valence-electron chi connectivity index (χ4n) is 1.85. The summed E-state index contributed by atoms with van der Waals surface area (Å²) < 4.78 is 5.76. The number of rotatable bonds is 5. The number of benzene rings is 1. The van der Waals surface area contributed by atoms with Crippen molar-refractivity contribution in [2.45, 2.75) is 19.8 Å². The minimum absolute atomic E-state index is 0.792. The lowest BCUT2D eigenvalue weighted by atomic mass is 10.0. The van der Waals surface area contributed by atoms with Gasteiger partial charge in [0.1, 0.15) is 0 Å². The highest BCUT2D eigenvalue weighted by molar-refractivity contribution is 5.61. The van der Waals surface area contributed by atoms with Crippen molar-refractivity contribution in [3.8, 4) is 11.3 Å². The highest BCUT2D eigenvalue weighted by atomic mass is 16.4. The molecule has 0 unspecified atom stereocenters. The third-order valence-electron chi connectivity index (χ3n) is 2.81. The van der Waals surface area contributed by atoms with Crippen LogP contribution in [0, 0.1) is 0 Å². The maximum atomic E-state index is 5.76. The van der Waals surface area contributed by atoms with Crippen LogP contribution in [0.5, 0.6) is 0 Å². The van der Waals surface area contributed by atoms with Gasteiger partial charge in [-0.15, -0.1) is 0 Å². The third-order valence-corrected chi connectivity index (χ3v) is 2.81. The van der Waals surface area contributed by atoms with Crippen molar-refractivity contribution in [3.63, 3.8) is 0 Å². The van der Waals surface area contributed by atoms with Crippen LogP contribution in [-0.4, -0.2) is 18.6 Å². The number of nitrogens with one attached hydrogen (secondary N) is 1. The lowest BCUT2D eigenvalue weighted by Crippen LogP contribution is -2.10. The maximum Gasteiger partial charge on any atom is 0.196 e. The van der Waals surface area contributed by atoms with E-state index in [1.807, 2.05) is 19.3 Å². The lowest BCUT2D eigenvalue weighted by molar-refractivity contribution is 0.500. The summed E-state index contributed by atoms with van der Waals surface area (Å²) in [5.74, 6) is 1.66. The van der Waals surface area contributed by atoms with Crippen LogP contribution in [-0.2, 0) is 12.8 Å². The predicted octanol–water partition coefficient (Wildman–Crippen LogP) is 2.67. The quantitative estimate of drug-likeness (QED) is 0.858. The molecule has 0 spiro atoms. The molecule has 90 valence electrons. The number of aryl methyl sites for hydroxylation is 1. The summed E-state index contributed by atoms with van der Waals surface area (Å²) >= 11 is 0. The monoisotopic (exact) mass is 230 g/mol. The van der Waals surface area contributed by atoms with E-state index in [1.54, 1.807) is 0 Å². The summed E-state index contributed by atoms with van der Waals surface area (Å²) in [6.07, 6.45) is 3.65. The van der Waals surface area contributed by atoms with Gasteiger partial charge >= 0.3 is 0 Å². The van der Waals surface area contributed by atoms with Crippen LogP contribution >= 0.6 is 0 Å². The molecule has 3 heteroatoms. The van der Waals surface area contributed by atoms with Crippen molar-refractivity contribution in [1.82, 2.24) is 10.3 Å². The van der Waals surface area contributed by atoms with Crippen molar-refractivity contribution >= 4 is 0 Å². The van der Waals surface area contributed by atoms with Crippen LogP contribution in [0.2, 0.25) is 0 Å². The Bertz CT molecular complexity index is 477. The van der Waals surface area contributed by atoms with Gasteiger partial charge in [0, 0.05) is 18.5 Å². The van der Waals surface area contributed by atoms with E-state index in [0.29, 0.717) is 0 Å². The van der Waals surface area contributed by atoms with Gasteiger partial charge in [-0.3, -0.25) is 0 Å². The number of nitrogens with zero attached hydrogens (tertiary/aromatic N) is 1. The zero-order valence-electron chi connectivity index (χ0n) is 10.4. The van der Waals surface area contributed by atoms with Gasteiger partial charge in [-0.1, -0.05) is 31.2 Å². The van der Waals surface area contributed by atoms with Crippen molar-refractivity contribution in [2.75, 3.05) is 13.6 Å². The second-order valence-corrected chi connectivity index (χ2v) is 3.98. The number of hydrogen-bond donors (Lipinski definition) is 1. The SMILES string of the molecule is CCc1ccccc1-c1cnc(CCNC)o1. The fraction of sp³-hybridized carbons (Fsp3) is 0.357. The second kappa shape index (κ2) is 5.64. The van der Waals surface area contributed by atoms with E-state index in [9.17, 15) is 0 Å². The molecule has 2 aromatic rings. The van der Waals surface area contributed by atoms with Crippen molar-refractivity contribution < 1.29 is 4.42 Å². The molecule has 0 radical (unpaired) electrons. The first kappa shape index (κ1) is 11.9. The summed E-state index contributed by atoms with van der Waals surface area (Å²) in [7, 11) is 1.93. The molecule has 17 heavy (non-hydrogen) atoms. The normalized spacial score (nSPS) is 10.7. The third kappa shape index (κ3) is 2.74. The Balaban J connectivity index is 2.24. The van der Waals surface area contributed by atoms with E-state index in [2.05, 4.69) is 35.4 Å². The molecule has 0 atom stereocenters. The van der Waals surface area contributed by atoms with Gasteiger partial charge in [0.15, 0.2) is 11.7 Å². The van der Waals surface area contributed by atoms with E-state index in [0.717, 1.165) is 36.6 Å². The Morgan fingerprint density at radius 1 is 1.29 bits per heavy atom. The average Bonchev–Trinajstić information content (AvgIpc) is 2.85. The number of likely N-dealkylation sites (N-methyl/N-ethyl adjacent to an activating group) is 1. The van der Waals surface area contributed by atoms with E-state index in [4.69, 9.17) is 4.42 Å². The summed E-state index contributed by atoms with van der Waals surface area (Å²) in [6.45, 7) is 3.03. The summed E-state index contributed by atoms with van der Waals surface area (Å²) in [6, 6.07) is 8.30. The van der Waals surface area contributed by atoms with Crippen molar-refractivity contribution in [1.29, 1.82) is 0 Å². The van der Waals surface area contributed by atoms with E-state index < -0.39 is 0 Å². The van der Waals surface area contributed by atoms with E-state index in [1.165, 1.54) is 5.56 Å². The second-order valence-electron chi connectivity index (χ2n) is 3.98. The molecule has 0 aliphatic rings. The topological polar surface area (TPSA) is 38.1 Å². The molecule has 0 aliphatic heterocycles. The van der Waals surface area contributed by atoms with E-state index in [-0.39, 0.29) is 0 Å². The minimum Gasteiger partial charge on any atom is -0.441 e. The first-order valence-electron chi connectivity index (χ1n) is 6.02. The average molecular weight is 230 g/mol. The molecule has 1 N–H and O–H groups in total. The molecule has 1 aromatic heterocycles. The van der Waals surface area contributed by atoms with Crippen molar-refractivity contribution in [2.24, 2.45) is 0 Å². The molecule has 2 rings (SSSR count). The molecule has 1 aromatic carbocycles. The Morgan fingerprint density at radius 3 is 2.88 bits per heavy atom. The summed E-state index contributed by atoms with van der Waals surface area (Å²) in [4.78, 5) is 4.30. The number of hydrogen-bond acceptors (Lipinski definition) is 3. The van der Waals surface area contributed by atoms with Gasteiger partial charge in [0.05, 0.1) is 6.20 Å². The van der Waals surface area contributed by atoms with Gasteiger partial charge in [0.2, 0.25) is 0 Å². The molecule has 1 heterocycles. The first-order chi connectivity index (χ1) is 8.35. The van der Waals surface area contributed by atoms with Crippen LogP contribution in [0.25, 0.3) is 11.3 Å². The van der Waals surface area contributed by atoms with Crippen LogP contribution in [0.15, 0.2) is 34.9 Å². The predicted molar refractivity (Wildman–Crippen MR) is 68.9 cm³/mol.